The lowest BCUT2D eigenvalue weighted by molar-refractivity contribution is -0.132. The number of nitrogens with zero attached hydrogens (tertiary/aromatic N) is 5. The lowest BCUT2D eigenvalue weighted by atomic mass is 10.2. The Morgan fingerprint density at radius 1 is 1.09 bits per heavy atom. The number of benzene rings is 1. The fraction of sp³-hybridized carbons (Fsp3) is 0.467. The van der Waals surface area contributed by atoms with Gasteiger partial charge in [0.15, 0.2) is 0 Å². The third-order valence-corrected chi connectivity index (χ3v) is 4.04. The van der Waals surface area contributed by atoms with E-state index < -0.39 is 0 Å². The van der Waals surface area contributed by atoms with Crippen LogP contribution in [0.4, 0.5) is 0 Å². The molecule has 1 fully saturated rings. The van der Waals surface area contributed by atoms with Gasteiger partial charge in [-0.2, -0.15) is 4.80 Å². The maximum atomic E-state index is 12.3. The molecule has 0 bridgehead atoms. The predicted octanol–water partition coefficient (Wildman–Crippen LogP) is 2.40. The van der Waals surface area contributed by atoms with Crippen LogP contribution in [0.25, 0.3) is 11.4 Å². The molecule has 1 aliphatic rings. The van der Waals surface area contributed by atoms with Crippen LogP contribution in [0.5, 0.6) is 0 Å². The molecule has 116 valence electrons. The number of aromatic nitrogens is 4. The molecule has 0 saturated carbocycles. The number of carbonyl (C=O) groups excluding carboxylic acids is 1. The van der Waals surface area contributed by atoms with Crippen LogP contribution >= 0.6 is 11.6 Å². The summed E-state index contributed by atoms with van der Waals surface area (Å²) in [5.41, 5.74) is 0.831. The third kappa shape index (κ3) is 3.62. The first-order chi connectivity index (χ1) is 10.7. The Bertz CT molecular complexity index is 632. The summed E-state index contributed by atoms with van der Waals surface area (Å²) in [6, 6.07) is 7.22. The highest BCUT2D eigenvalue weighted by Crippen LogP contribution is 2.17. The zero-order valence-electron chi connectivity index (χ0n) is 12.3. The molecule has 6 nitrogen and oxygen atoms in total. The van der Waals surface area contributed by atoms with Crippen molar-refractivity contribution in [3.8, 4) is 11.4 Å². The molecule has 0 N–H and O–H groups in total. The maximum Gasteiger partial charge on any atom is 0.246 e. The van der Waals surface area contributed by atoms with E-state index in [9.17, 15) is 4.79 Å². The smallest absolute Gasteiger partial charge is 0.246 e. The SMILES string of the molecule is O=C(Cn1nnc(-c2ccc(Cl)cc2)n1)N1CCCCCC1. The highest BCUT2D eigenvalue weighted by Gasteiger charge is 2.17. The van der Waals surface area contributed by atoms with Crippen LogP contribution in [0.3, 0.4) is 0 Å². The molecule has 0 spiro atoms. The van der Waals surface area contributed by atoms with Gasteiger partial charge in [0.25, 0.3) is 0 Å². The summed E-state index contributed by atoms with van der Waals surface area (Å²) in [5.74, 6) is 0.558. The van der Waals surface area contributed by atoms with Gasteiger partial charge in [0.05, 0.1) is 0 Å². The predicted molar refractivity (Wildman–Crippen MR) is 83.3 cm³/mol. The van der Waals surface area contributed by atoms with Gasteiger partial charge in [0.2, 0.25) is 11.7 Å². The molecular formula is C15H18ClN5O. The topological polar surface area (TPSA) is 63.9 Å². The van der Waals surface area contributed by atoms with E-state index in [0.717, 1.165) is 31.5 Å². The summed E-state index contributed by atoms with van der Waals surface area (Å²) >= 11 is 5.86. The standard InChI is InChI=1S/C15H18ClN5O/c16-13-7-5-12(6-8-13)15-17-19-21(18-15)11-14(22)20-9-3-1-2-4-10-20/h5-8H,1-4,9-11H2. The van der Waals surface area contributed by atoms with E-state index in [-0.39, 0.29) is 12.5 Å². The Morgan fingerprint density at radius 3 is 2.45 bits per heavy atom. The first-order valence-corrected chi connectivity index (χ1v) is 7.92. The molecule has 1 saturated heterocycles. The molecule has 22 heavy (non-hydrogen) atoms. The quantitative estimate of drug-likeness (QED) is 0.871. The highest BCUT2D eigenvalue weighted by molar-refractivity contribution is 6.30. The Morgan fingerprint density at radius 2 is 1.77 bits per heavy atom. The minimum absolute atomic E-state index is 0.0574. The third-order valence-electron chi connectivity index (χ3n) is 3.79. The van der Waals surface area contributed by atoms with Crippen LogP contribution in [0.1, 0.15) is 25.7 Å². The first-order valence-electron chi connectivity index (χ1n) is 7.54. The van der Waals surface area contributed by atoms with Crippen LogP contribution in [0, 0.1) is 0 Å². The van der Waals surface area contributed by atoms with Crippen molar-refractivity contribution in [1.82, 2.24) is 25.1 Å². The molecule has 1 amide bonds. The maximum absolute atomic E-state index is 12.3. The molecule has 0 atom stereocenters. The highest BCUT2D eigenvalue weighted by atomic mass is 35.5. The lowest BCUT2D eigenvalue weighted by Gasteiger charge is -2.19. The number of carbonyl (C=O) groups is 1. The Balaban J connectivity index is 1.66. The second kappa shape index (κ2) is 6.87. The normalized spacial score (nSPS) is 15.6. The van der Waals surface area contributed by atoms with Crippen LogP contribution < -0.4 is 0 Å². The van der Waals surface area contributed by atoms with Crippen LogP contribution in [0.2, 0.25) is 5.02 Å². The van der Waals surface area contributed by atoms with E-state index >= 15 is 0 Å². The zero-order chi connectivity index (χ0) is 15.4. The summed E-state index contributed by atoms with van der Waals surface area (Å²) in [5, 5.41) is 12.9. The van der Waals surface area contributed by atoms with Gasteiger partial charge in [-0.15, -0.1) is 10.2 Å². The van der Waals surface area contributed by atoms with Gasteiger partial charge in [-0.25, -0.2) is 0 Å². The number of amides is 1. The molecule has 1 aromatic carbocycles. The van der Waals surface area contributed by atoms with E-state index in [1.54, 1.807) is 12.1 Å². The van der Waals surface area contributed by atoms with Crippen LogP contribution in [0.15, 0.2) is 24.3 Å². The van der Waals surface area contributed by atoms with Crippen molar-refractivity contribution in [2.24, 2.45) is 0 Å². The van der Waals surface area contributed by atoms with E-state index in [2.05, 4.69) is 15.4 Å². The Hall–Kier alpha value is -1.95. The van der Waals surface area contributed by atoms with Crippen molar-refractivity contribution in [1.29, 1.82) is 0 Å². The minimum Gasteiger partial charge on any atom is -0.341 e. The number of hydrogen-bond acceptors (Lipinski definition) is 4. The van der Waals surface area contributed by atoms with Gasteiger partial charge in [0, 0.05) is 23.7 Å². The molecule has 3 rings (SSSR count). The molecule has 1 aliphatic heterocycles. The molecule has 0 unspecified atom stereocenters. The van der Waals surface area contributed by atoms with Crippen molar-refractivity contribution in [3.63, 3.8) is 0 Å². The second-order valence-corrected chi connectivity index (χ2v) is 5.88. The van der Waals surface area contributed by atoms with Crippen molar-refractivity contribution in [2.45, 2.75) is 32.2 Å². The van der Waals surface area contributed by atoms with E-state index in [4.69, 9.17) is 11.6 Å². The zero-order valence-corrected chi connectivity index (χ0v) is 13.0. The number of likely N-dealkylation sites (tertiary alicyclic amines) is 1. The molecular weight excluding hydrogens is 302 g/mol. The minimum atomic E-state index is 0.0574. The summed E-state index contributed by atoms with van der Waals surface area (Å²) in [6.07, 6.45) is 4.55. The monoisotopic (exact) mass is 319 g/mol. The molecule has 0 radical (unpaired) electrons. The molecule has 1 aromatic heterocycles. The van der Waals surface area contributed by atoms with Gasteiger partial charge in [-0.3, -0.25) is 4.79 Å². The largest absolute Gasteiger partial charge is 0.341 e. The van der Waals surface area contributed by atoms with Gasteiger partial charge in [-0.05, 0) is 42.3 Å². The van der Waals surface area contributed by atoms with Crippen molar-refractivity contribution in [3.05, 3.63) is 29.3 Å². The van der Waals surface area contributed by atoms with E-state index in [1.807, 2.05) is 17.0 Å². The number of hydrogen-bond donors (Lipinski definition) is 0. The number of halogens is 1. The van der Waals surface area contributed by atoms with Gasteiger partial charge < -0.3 is 4.90 Å². The Labute approximate surface area is 134 Å². The van der Waals surface area contributed by atoms with Crippen LogP contribution in [-0.2, 0) is 11.3 Å². The molecule has 0 aliphatic carbocycles. The molecule has 2 aromatic rings. The average molecular weight is 320 g/mol. The fourth-order valence-electron chi connectivity index (χ4n) is 2.57. The van der Waals surface area contributed by atoms with Gasteiger partial charge in [-0.1, -0.05) is 24.4 Å². The second-order valence-electron chi connectivity index (χ2n) is 5.45. The van der Waals surface area contributed by atoms with Crippen LogP contribution in [-0.4, -0.2) is 44.1 Å². The number of tetrazole rings is 1. The van der Waals surface area contributed by atoms with Gasteiger partial charge in [0.1, 0.15) is 6.54 Å². The number of rotatable bonds is 3. The molecule has 7 heteroatoms. The summed E-state index contributed by atoms with van der Waals surface area (Å²) < 4.78 is 0. The van der Waals surface area contributed by atoms with Crippen molar-refractivity contribution < 1.29 is 4.79 Å². The molecule has 2 heterocycles. The van der Waals surface area contributed by atoms with Gasteiger partial charge >= 0.3 is 0 Å². The Kier molecular flexibility index (Phi) is 4.68. The van der Waals surface area contributed by atoms with Crippen molar-refractivity contribution in [2.75, 3.05) is 13.1 Å². The van der Waals surface area contributed by atoms with Crippen molar-refractivity contribution >= 4 is 17.5 Å². The lowest BCUT2D eigenvalue weighted by Crippen LogP contribution is -2.35. The van der Waals surface area contributed by atoms with E-state index in [0.29, 0.717) is 10.8 Å². The summed E-state index contributed by atoms with van der Waals surface area (Å²) in [6.45, 7) is 1.80. The summed E-state index contributed by atoms with van der Waals surface area (Å²) in [7, 11) is 0. The summed E-state index contributed by atoms with van der Waals surface area (Å²) in [4.78, 5) is 15.5. The first kappa shape index (κ1) is 15.0. The average Bonchev–Trinajstić information content (AvgIpc) is 2.81. The van der Waals surface area contributed by atoms with E-state index in [1.165, 1.54) is 17.6 Å². The fourth-order valence-corrected chi connectivity index (χ4v) is 2.69.